The molecule has 0 aliphatic rings. The molecule has 0 aromatic heterocycles. The average Bonchev–Trinajstić information content (AvgIpc) is 2.25. The van der Waals surface area contributed by atoms with Gasteiger partial charge in [-0.05, 0) is 32.4 Å². The molecule has 94 valence electrons. The van der Waals surface area contributed by atoms with Crippen molar-refractivity contribution in [3.8, 4) is 0 Å². The van der Waals surface area contributed by atoms with Gasteiger partial charge in [0, 0.05) is 13.2 Å². The summed E-state index contributed by atoms with van der Waals surface area (Å²) in [5, 5.41) is 2.29. The van der Waals surface area contributed by atoms with E-state index in [0.29, 0.717) is 0 Å². The van der Waals surface area contributed by atoms with Gasteiger partial charge in [0.2, 0.25) is 0 Å². The van der Waals surface area contributed by atoms with E-state index in [1.165, 1.54) is 27.9 Å². The summed E-state index contributed by atoms with van der Waals surface area (Å²) in [7, 11) is 1.37. The van der Waals surface area contributed by atoms with Gasteiger partial charge in [-0.15, -0.1) is 0 Å². The lowest BCUT2D eigenvalue weighted by atomic mass is 10.1. The van der Waals surface area contributed by atoms with E-state index in [0.717, 1.165) is 12.1 Å². The number of hydrogen-bond donors (Lipinski definition) is 1. The molecule has 0 fully saturated rings. The van der Waals surface area contributed by atoms with Gasteiger partial charge in [-0.3, -0.25) is 4.79 Å². The lowest BCUT2D eigenvalue weighted by Gasteiger charge is -2.21. The number of hydrogen-bond acceptors (Lipinski definition) is 2. The molecule has 3 nitrogen and oxygen atoms in total. The van der Waals surface area contributed by atoms with E-state index in [9.17, 15) is 13.6 Å². The molecule has 0 aliphatic carbocycles. The zero-order chi connectivity index (χ0) is 13.2. The Morgan fingerprint density at radius 2 is 1.88 bits per heavy atom. The van der Waals surface area contributed by atoms with Crippen LogP contribution < -0.4 is 5.32 Å². The van der Waals surface area contributed by atoms with Crippen LogP contribution in [0.15, 0.2) is 12.1 Å². The highest BCUT2D eigenvalue weighted by atomic mass is 19.1. The van der Waals surface area contributed by atoms with Crippen LogP contribution in [-0.2, 0) is 9.53 Å². The highest BCUT2D eigenvalue weighted by molar-refractivity contribution is 5.96. The molecule has 1 rings (SSSR count). The topological polar surface area (TPSA) is 38.3 Å². The first kappa shape index (κ1) is 13.6. The fourth-order valence-electron chi connectivity index (χ4n) is 1.11. The lowest BCUT2D eigenvalue weighted by molar-refractivity contribution is -0.133. The van der Waals surface area contributed by atoms with E-state index >= 15 is 0 Å². The smallest absolute Gasteiger partial charge is 0.256 e. The summed E-state index contributed by atoms with van der Waals surface area (Å²) < 4.78 is 31.6. The minimum atomic E-state index is -1.10. The van der Waals surface area contributed by atoms with Crippen LogP contribution in [0, 0.1) is 18.6 Å². The molecule has 1 aromatic rings. The molecule has 0 atom stereocenters. The molecular weight excluding hydrogens is 228 g/mol. The molecular formula is C12H15F2NO2. The fraction of sp³-hybridized carbons (Fsp3) is 0.417. The van der Waals surface area contributed by atoms with Crippen LogP contribution in [0.4, 0.5) is 14.5 Å². The first-order valence-electron chi connectivity index (χ1n) is 5.10. The highest BCUT2D eigenvalue weighted by Crippen LogP contribution is 2.20. The Kier molecular flexibility index (Phi) is 3.83. The van der Waals surface area contributed by atoms with Crippen LogP contribution in [0.25, 0.3) is 0 Å². The minimum absolute atomic E-state index is 0.187. The van der Waals surface area contributed by atoms with Gasteiger partial charge in [0.25, 0.3) is 5.91 Å². The number of aryl methyl sites for hydroxylation is 1. The molecule has 0 unspecified atom stereocenters. The molecule has 0 saturated heterocycles. The second kappa shape index (κ2) is 4.79. The second-order valence-electron chi connectivity index (χ2n) is 4.25. The fourth-order valence-corrected chi connectivity index (χ4v) is 1.11. The third kappa shape index (κ3) is 3.00. The first-order chi connectivity index (χ1) is 7.77. The monoisotopic (exact) mass is 243 g/mol. The summed E-state index contributed by atoms with van der Waals surface area (Å²) >= 11 is 0. The van der Waals surface area contributed by atoms with Gasteiger partial charge in [-0.2, -0.15) is 0 Å². The number of carbonyl (C=O) groups is 1. The number of amides is 1. The molecule has 1 aromatic carbocycles. The Balaban J connectivity index is 2.97. The summed E-state index contributed by atoms with van der Waals surface area (Å²) in [6, 6.07) is 1.99. The van der Waals surface area contributed by atoms with Crippen LogP contribution in [0.1, 0.15) is 19.4 Å². The van der Waals surface area contributed by atoms with Crippen LogP contribution in [-0.4, -0.2) is 18.6 Å². The maximum atomic E-state index is 13.5. The Bertz CT molecular complexity index is 444. The largest absolute Gasteiger partial charge is 0.369 e. The van der Waals surface area contributed by atoms with E-state index in [4.69, 9.17) is 4.74 Å². The van der Waals surface area contributed by atoms with Crippen LogP contribution in [0.3, 0.4) is 0 Å². The first-order valence-corrected chi connectivity index (χ1v) is 5.10. The lowest BCUT2D eigenvalue weighted by Crippen LogP contribution is -2.39. The van der Waals surface area contributed by atoms with Crippen molar-refractivity contribution >= 4 is 11.6 Å². The van der Waals surface area contributed by atoms with Crippen LogP contribution in [0.2, 0.25) is 0 Å². The maximum absolute atomic E-state index is 13.5. The molecule has 0 saturated carbocycles. The summed E-state index contributed by atoms with van der Waals surface area (Å²) in [6.45, 7) is 4.51. The molecule has 0 aliphatic heterocycles. The van der Waals surface area contributed by atoms with E-state index < -0.39 is 23.1 Å². The van der Waals surface area contributed by atoms with Gasteiger partial charge < -0.3 is 10.1 Å². The molecule has 0 spiro atoms. The zero-order valence-electron chi connectivity index (χ0n) is 10.2. The third-order valence-electron chi connectivity index (χ3n) is 2.55. The molecule has 0 bridgehead atoms. The van der Waals surface area contributed by atoms with E-state index in [1.54, 1.807) is 0 Å². The van der Waals surface area contributed by atoms with Gasteiger partial charge in [-0.25, -0.2) is 8.78 Å². The SMILES string of the molecule is COC(C)(C)C(=O)Nc1cc(F)c(C)cc1F. The Hall–Kier alpha value is -1.49. The number of ether oxygens (including phenoxy) is 1. The van der Waals surface area contributed by atoms with E-state index in [-0.39, 0.29) is 11.3 Å². The van der Waals surface area contributed by atoms with Crippen molar-refractivity contribution in [1.29, 1.82) is 0 Å². The number of rotatable bonds is 3. The summed E-state index contributed by atoms with van der Waals surface area (Å²) in [6.07, 6.45) is 0. The summed E-state index contributed by atoms with van der Waals surface area (Å²) in [5.74, 6) is -1.79. The van der Waals surface area contributed by atoms with Crippen molar-refractivity contribution in [2.75, 3.05) is 12.4 Å². The summed E-state index contributed by atoms with van der Waals surface area (Å²) in [4.78, 5) is 11.7. The number of carbonyl (C=O) groups excluding carboxylic acids is 1. The normalized spacial score (nSPS) is 11.4. The van der Waals surface area contributed by atoms with Crippen molar-refractivity contribution < 1.29 is 18.3 Å². The number of halogens is 2. The van der Waals surface area contributed by atoms with Gasteiger partial charge in [-0.1, -0.05) is 0 Å². The van der Waals surface area contributed by atoms with E-state index in [2.05, 4.69) is 5.32 Å². The quantitative estimate of drug-likeness (QED) is 0.886. The van der Waals surface area contributed by atoms with Gasteiger partial charge >= 0.3 is 0 Å². The molecule has 1 amide bonds. The molecule has 17 heavy (non-hydrogen) atoms. The number of methoxy groups -OCH3 is 1. The molecule has 0 heterocycles. The highest BCUT2D eigenvalue weighted by Gasteiger charge is 2.27. The second-order valence-corrected chi connectivity index (χ2v) is 4.25. The predicted octanol–water partition coefficient (Wildman–Crippen LogP) is 2.64. The van der Waals surface area contributed by atoms with Gasteiger partial charge in [0.05, 0.1) is 5.69 Å². The maximum Gasteiger partial charge on any atom is 0.256 e. The van der Waals surface area contributed by atoms with Crippen molar-refractivity contribution in [3.63, 3.8) is 0 Å². The molecule has 1 N–H and O–H groups in total. The third-order valence-corrected chi connectivity index (χ3v) is 2.55. The Morgan fingerprint density at radius 3 is 2.41 bits per heavy atom. The van der Waals surface area contributed by atoms with Crippen LogP contribution >= 0.6 is 0 Å². The van der Waals surface area contributed by atoms with Crippen LogP contribution in [0.5, 0.6) is 0 Å². The van der Waals surface area contributed by atoms with Crippen molar-refractivity contribution in [1.82, 2.24) is 0 Å². The number of nitrogens with one attached hydrogen (secondary N) is 1. The average molecular weight is 243 g/mol. The Labute approximate surface area is 98.8 Å². The standard InChI is InChI=1S/C12H15F2NO2/c1-7-5-9(14)10(6-8(7)13)15-11(16)12(2,3)17-4/h5-6H,1-4H3,(H,15,16). The van der Waals surface area contributed by atoms with Crippen molar-refractivity contribution in [2.24, 2.45) is 0 Å². The van der Waals surface area contributed by atoms with Gasteiger partial charge in [0.1, 0.15) is 17.2 Å². The Morgan fingerprint density at radius 1 is 1.29 bits per heavy atom. The van der Waals surface area contributed by atoms with Crippen molar-refractivity contribution in [3.05, 3.63) is 29.3 Å². The zero-order valence-corrected chi connectivity index (χ0v) is 10.2. The summed E-state index contributed by atoms with van der Waals surface area (Å²) in [5.41, 5.74) is -1.11. The number of anilines is 1. The van der Waals surface area contributed by atoms with Gasteiger partial charge in [0.15, 0.2) is 0 Å². The van der Waals surface area contributed by atoms with Crippen molar-refractivity contribution in [2.45, 2.75) is 26.4 Å². The molecule has 5 heteroatoms. The number of benzene rings is 1. The minimum Gasteiger partial charge on any atom is -0.369 e. The predicted molar refractivity (Wildman–Crippen MR) is 60.8 cm³/mol. The molecule has 0 radical (unpaired) electrons. The van der Waals surface area contributed by atoms with E-state index in [1.807, 2.05) is 0 Å².